The van der Waals surface area contributed by atoms with E-state index in [1.54, 1.807) is 0 Å². The second-order valence-corrected chi connectivity index (χ2v) is 3.39. The number of carbonyl (C=O) groups is 2. The lowest BCUT2D eigenvalue weighted by atomic mass is 10.2. The van der Waals surface area contributed by atoms with Crippen LogP contribution in [0.1, 0.15) is 12.5 Å². The van der Waals surface area contributed by atoms with Gasteiger partial charge in [0.05, 0.1) is 5.02 Å². The fraction of sp³-hybridized carbons (Fsp3) is 0.200. The molecule has 5 heteroatoms. The van der Waals surface area contributed by atoms with Gasteiger partial charge in [-0.15, -0.1) is 0 Å². The van der Waals surface area contributed by atoms with Crippen molar-refractivity contribution in [3.63, 3.8) is 0 Å². The van der Waals surface area contributed by atoms with Gasteiger partial charge in [0.15, 0.2) is 0 Å². The second-order valence-electron chi connectivity index (χ2n) is 2.99. The first-order valence-electron chi connectivity index (χ1n) is 4.23. The molecule has 1 rings (SSSR count). The fourth-order valence-electron chi connectivity index (χ4n) is 0.956. The molecular weight excluding hydrogens is 221 g/mol. The van der Waals surface area contributed by atoms with Crippen molar-refractivity contribution < 1.29 is 14.0 Å². The molecule has 80 valence electrons. The van der Waals surface area contributed by atoms with E-state index in [1.807, 2.05) is 0 Å². The molecule has 0 bridgehead atoms. The maximum atomic E-state index is 12.8. The summed E-state index contributed by atoms with van der Waals surface area (Å²) >= 11 is 5.54. The van der Waals surface area contributed by atoms with E-state index in [2.05, 4.69) is 5.32 Å². The molecule has 0 radical (unpaired) electrons. The zero-order valence-electron chi connectivity index (χ0n) is 8.01. The maximum absolute atomic E-state index is 12.8. The van der Waals surface area contributed by atoms with Crippen LogP contribution in [0.3, 0.4) is 0 Å². The van der Waals surface area contributed by atoms with E-state index in [4.69, 9.17) is 11.6 Å². The van der Waals surface area contributed by atoms with E-state index in [-0.39, 0.29) is 11.6 Å². The number of hydrogen-bond acceptors (Lipinski definition) is 2. The number of carbonyl (C=O) groups excluding carboxylic acids is 2. The SMILES string of the molecule is CC(=O)C(=O)NCc1ccc(F)c(Cl)c1. The van der Waals surface area contributed by atoms with Crippen LogP contribution < -0.4 is 5.32 Å². The summed E-state index contributed by atoms with van der Waals surface area (Å²) in [7, 11) is 0. The number of ketones is 1. The minimum Gasteiger partial charge on any atom is -0.345 e. The van der Waals surface area contributed by atoms with E-state index in [1.165, 1.54) is 25.1 Å². The first kappa shape index (κ1) is 11.7. The van der Waals surface area contributed by atoms with Gasteiger partial charge in [0.1, 0.15) is 5.82 Å². The van der Waals surface area contributed by atoms with Gasteiger partial charge in [-0.1, -0.05) is 17.7 Å². The summed E-state index contributed by atoms with van der Waals surface area (Å²) in [5.74, 6) is -1.75. The van der Waals surface area contributed by atoms with Gasteiger partial charge in [-0.2, -0.15) is 0 Å². The van der Waals surface area contributed by atoms with Crippen LogP contribution in [0.4, 0.5) is 4.39 Å². The van der Waals surface area contributed by atoms with Gasteiger partial charge in [-0.25, -0.2) is 4.39 Å². The molecule has 0 aromatic heterocycles. The molecule has 0 heterocycles. The quantitative estimate of drug-likeness (QED) is 0.802. The van der Waals surface area contributed by atoms with Crippen molar-refractivity contribution in [2.24, 2.45) is 0 Å². The molecule has 1 amide bonds. The molecule has 0 unspecified atom stereocenters. The molecule has 1 aromatic carbocycles. The van der Waals surface area contributed by atoms with Crippen LogP contribution >= 0.6 is 11.6 Å². The van der Waals surface area contributed by atoms with Crippen molar-refractivity contribution in [3.8, 4) is 0 Å². The van der Waals surface area contributed by atoms with Gasteiger partial charge in [0.25, 0.3) is 5.91 Å². The van der Waals surface area contributed by atoms with Crippen molar-refractivity contribution in [1.29, 1.82) is 0 Å². The largest absolute Gasteiger partial charge is 0.345 e. The molecule has 0 aliphatic carbocycles. The van der Waals surface area contributed by atoms with Gasteiger partial charge in [-0.3, -0.25) is 9.59 Å². The van der Waals surface area contributed by atoms with Gasteiger partial charge in [-0.05, 0) is 17.7 Å². The Hall–Kier alpha value is -1.42. The summed E-state index contributed by atoms with van der Waals surface area (Å²) in [6.45, 7) is 1.32. The molecule has 0 fully saturated rings. The normalized spacial score (nSPS) is 9.80. The molecule has 15 heavy (non-hydrogen) atoms. The highest BCUT2D eigenvalue weighted by Gasteiger charge is 2.07. The monoisotopic (exact) mass is 229 g/mol. The van der Waals surface area contributed by atoms with E-state index < -0.39 is 17.5 Å². The molecule has 1 aromatic rings. The maximum Gasteiger partial charge on any atom is 0.287 e. The molecular formula is C10H9ClFNO2. The Morgan fingerprint density at radius 2 is 2.13 bits per heavy atom. The van der Waals surface area contributed by atoms with Gasteiger partial charge < -0.3 is 5.32 Å². The number of Topliss-reactive ketones (excluding diaryl/α,β-unsaturated/α-hetero) is 1. The number of hydrogen-bond donors (Lipinski definition) is 1. The number of benzene rings is 1. The lowest BCUT2D eigenvalue weighted by molar-refractivity contribution is -0.136. The Balaban J connectivity index is 2.62. The van der Waals surface area contributed by atoms with Crippen LogP contribution in [-0.4, -0.2) is 11.7 Å². The Morgan fingerprint density at radius 1 is 1.47 bits per heavy atom. The lowest BCUT2D eigenvalue weighted by Gasteiger charge is -2.03. The Morgan fingerprint density at radius 3 is 2.67 bits per heavy atom. The summed E-state index contributed by atoms with van der Waals surface area (Å²) in [5.41, 5.74) is 0.635. The van der Waals surface area contributed by atoms with E-state index in [9.17, 15) is 14.0 Å². The number of halogens is 2. The highest BCUT2D eigenvalue weighted by atomic mass is 35.5. The topological polar surface area (TPSA) is 46.2 Å². The predicted octanol–water partition coefficient (Wildman–Crippen LogP) is 1.68. The van der Waals surface area contributed by atoms with E-state index >= 15 is 0 Å². The van der Waals surface area contributed by atoms with Crippen LogP contribution in [0.2, 0.25) is 5.02 Å². The van der Waals surface area contributed by atoms with Crippen molar-refractivity contribution in [2.45, 2.75) is 13.5 Å². The van der Waals surface area contributed by atoms with Gasteiger partial charge >= 0.3 is 0 Å². The smallest absolute Gasteiger partial charge is 0.287 e. The van der Waals surface area contributed by atoms with Gasteiger partial charge in [0, 0.05) is 13.5 Å². The molecule has 0 aliphatic heterocycles. The highest BCUT2D eigenvalue weighted by molar-refractivity contribution is 6.35. The molecule has 1 N–H and O–H groups in total. The fourth-order valence-corrected chi connectivity index (χ4v) is 1.16. The number of rotatable bonds is 3. The summed E-state index contributed by atoms with van der Waals surface area (Å²) in [4.78, 5) is 21.5. The van der Waals surface area contributed by atoms with Crippen molar-refractivity contribution in [1.82, 2.24) is 5.32 Å². The van der Waals surface area contributed by atoms with Gasteiger partial charge in [0.2, 0.25) is 5.78 Å². The van der Waals surface area contributed by atoms with Crippen molar-refractivity contribution in [3.05, 3.63) is 34.6 Å². The third-order valence-electron chi connectivity index (χ3n) is 1.76. The van der Waals surface area contributed by atoms with E-state index in [0.717, 1.165) is 0 Å². The van der Waals surface area contributed by atoms with Crippen LogP contribution in [0.15, 0.2) is 18.2 Å². The Bertz CT molecular complexity index is 406. The highest BCUT2D eigenvalue weighted by Crippen LogP contribution is 2.15. The standard InChI is InChI=1S/C10H9ClFNO2/c1-6(14)10(15)13-5-7-2-3-9(12)8(11)4-7/h2-4H,5H2,1H3,(H,13,15). The zero-order chi connectivity index (χ0) is 11.4. The number of nitrogens with one attached hydrogen (secondary N) is 1. The van der Waals surface area contributed by atoms with Crippen LogP contribution in [0.25, 0.3) is 0 Å². The third-order valence-corrected chi connectivity index (χ3v) is 2.05. The minimum absolute atomic E-state index is 0.00965. The molecule has 0 atom stereocenters. The van der Waals surface area contributed by atoms with Crippen LogP contribution in [-0.2, 0) is 16.1 Å². The summed E-state index contributed by atoms with van der Waals surface area (Å²) in [5, 5.41) is 2.37. The molecule has 0 saturated carbocycles. The first-order chi connectivity index (χ1) is 7.00. The lowest BCUT2D eigenvalue weighted by Crippen LogP contribution is -2.28. The molecule has 0 spiro atoms. The summed E-state index contributed by atoms with van der Waals surface area (Å²) < 4.78 is 12.8. The molecule has 0 aliphatic rings. The first-order valence-corrected chi connectivity index (χ1v) is 4.61. The third kappa shape index (κ3) is 3.32. The molecule has 0 saturated heterocycles. The minimum atomic E-state index is -0.671. The average molecular weight is 230 g/mol. The summed E-state index contributed by atoms with van der Waals surface area (Å²) in [6, 6.07) is 4.09. The van der Waals surface area contributed by atoms with Crippen molar-refractivity contribution >= 4 is 23.3 Å². The van der Waals surface area contributed by atoms with Crippen molar-refractivity contribution in [2.75, 3.05) is 0 Å². The summed E-state index contributed by atoms with van der Waals surface area (Å²) in [6.07, 6.45) is 0. The Labute approximate surface area is 91.2 Å². The predicted molar refractivity (Wildman–Crippen MR) is 53.9 cm³/mol. The average Bonchev–Trinajstić information content (AvgIpc) is 2.19. The number of amides is 1. The Kier molecular flexibility index (Phi) is 3.80. The zero-order valence-corrected chi connectivity index (χ0v) is 8.77. The van der Waals surface area contributed by atoms with Crippen LogP contribution in [0.5, 0.6) is 0 Å². The second kappa shape index (κ2) is 4.89. The van der Waals surface area contributed by atoms with E-state index in [0.29, 0.717) is 5.56 Å². The molecule has 3 nitrogen and oxygen atoms in total. The van der Waals surface area contributed by atoms with Crippen LogP contribution in [0, 0.1) is 5.82 Å².